The Hall–Kier alpha value is -3.71. The van der Waals surface area contributed by atoms with E-state index in [4.69, 9.17) is 14.5 Å². The normalized spacial score (nSPS) is 15.9. The van der Waals surface area contributed by atoms with Crippen molar-refractivity contribution in [3.8, 4) is 5.75 Å². The van der Waals surface area contributed by atoms with Gasteiger partial charge >= 0.3 is 0 Å². The number of fused-ring (bicyclic) bond motifs is 1. The average Bonchev–Trinajstić information content (AvgIpc) is 3.32. The lowest BCUT2D eigenvalue weighted by atomic mass is 10.0. The van der Waals surface area contributed by atoms with Crippen molar-refractivity contribution in [3.05, 3.63) is 89.8 Å². The molecule has 2 aromatic heterocycles. The van der Waals surface area contributed by atoms with Gasteiger partial charge in [0.15, 0.2) is 5.82 Å². The van der Waals surface area contributed by atoms with Crippen molar-refractivity contribution in [2.45, 2.75) is 19.4 Å². The molecule has 1 atom stereocenters. The molecule has 3 aromatic rings. The Labute approximate surface area is 200 Å². The number of rotatable bonds is 7. The number of nitrogens with zero attached hydrogens (tertiary/aromatic N) is 4. The number of hydrogen-bond acceptors (Lipinski definition) is 7. The number of hydrogen-bond donors (Lipinski definition) is 1. The van der Waals surface area contributed by atoms with Gasteiger partial charge in [0.05, 0.1) is 49.6 Å². The largest absolute Gasteiger partial charge is 0.496 e. The van der Waals surface area contributed by atoms with Crippen molar-refractivity contribution >= 4 is 17.0 Å². The van der Waals surface area contributed by atoms with Crippen molar-refractivity contribution in [2.75, 3.05) is 38.3 Å². The Morgan fingerprint density at radius 2 is 1.88 bits per heavy atom. The molecule has 34 heavy (non-hydrogen) atoms. The molecule has 0 unspecified atom stereocenters. The third kappa shape index (κ3) is 4.39. The predicted molar refractivity (Wildman–Crippen MR) is 134 cm³/mol. The molecule has 1 aliphatic carbocycles. The van der Waals surface area contributed by atoms with Crippen molar-refractivity contribution in [1.29, 1.82) is 0 Å². The van der Waals surface area contributed by atoms with Gasteiger partial charge in [-0.05, 0) is 24.6 Å². The fourth-order valence-corrected chi connectivity index (χ4v) is 4.51. The number of benzene rings is 1. The highest BCUT2D eigenvalue weighted by atomic mass is 16.5. The highest BCUT2D eigenvalue weighted by Crippen LogP contribution is 2.34. The predicted octanol–water partition coefficient (Wildman–Crippen LogP) is 4.03. The molecule has 0 saturated carbocycles. The number of pyridine rings is 1. The number of allylic oxidation sites excluding steroid dienone is 1. The molecule has 7 heteroatoms. The molecule has 0 radical (unpaired) electrons. The molecule has 0 amide bonds. The molecule has 7 nitrogen and oxygen atoms in total. The minimum atomic E-state index is 0.000951. The first kappa shape index (κ1) is 22.1. The number of methoxy groups -OCH3 is 1. The standard InChI is InChI=1S/C27H29N5O2/c1-18(22-6-4-5-7-26(22)33-3)31-19(2)27-29-15-20(16-30-27)23-8-9-25-24(23)14-21(17-28-25)32-10-12-34-13-11-32/h4-8,14-18,31H,2,9-13H2,1,3H3/t18-/m0/s1. The van der Waals surface area contributed by atoms with Crippen molar-refractivity contribution in [3.63, 3.8) is 0 Å². The second-order valence-corrected chi connectivity index (χ2v) is 8.49. The lowest BCUT2D eigenvalue weighted by Gasteiger charge is -2.29. The van der Waals surface area contributed by atoms with Crippen LogP contribution in [-0.2, 0) is 11.2 Å². The van der Waals surface area contributed by atoms with E-state index in [-0.39, 0.29) is 6.04 Å². The third-order valence-corrected chi connectivity index (χ3v) is 6.35. The van der Waals surface area contributed by atoms with E-state index >= 15 is 0 Å². The third-order valence-electron chi connectivity index (χ3n) is 6.35. The van der Waals surface area contributed by atoms with E-state index in [1.165, 1.54) is 0 Å². The van der Waals surface area contributed by atoms with Crippen molar-refractivity contribution in [1.82, 2.24) is 20.3 Å². The summed E-state index contributed by atoms with van der Waals surface area (Å²) in [5, 5.41) is 3.40. The van der Waals surface area contributed by atoms with Crippen LogP contribution in [0.15, 0.2) is 61.6 Å². The summed E-state index contributed by atoms with van der Waals surface area (Å²) in [5.74, 6) is 1.41. The topological polar surface area (TPSA) is 72.4 Å². The van der Waals surface area contributed by atoms with Crippen LogP contribution in [0.5, 0.6) is 5.75 Å². The highest BCUT2D eigenvalue weighted by Gasteiger charge is 2.21. The quantitative estimate of drug-likeness (QED) is 0.577. The molecule has 5 rings (SSSR count). The first-order chi connectivity index (χ1) is 16.6. The fourth-order valence-electron chi connectivity index (χ4n) is 4.51. The fraction of sp³-hybridized carbons (Fsp3) is 0.296. The van der Waals surface area contributed by atoms with E-state index in [2.05, 4.69) is 45.8 Å². The summed E-state index contributed by atoms with van der Waals surface area (Å²) < 4.78 is 11.0. The number of anilines is 1. The lowest BCUT2D eigenvalue weighted by molar-refractivity contribution is 0.122. The summed E-state index contributed by atoms with van der Waals surface area (Å²) in [4.78, 5) is 16.3. The number of morpholine rings is 1. The summed E-state index contributed by atoms with van der Waals surface area (Å²) in [7, 11) is 1.68. The van der Waals surface area contributed by atoms with Gasteiger partial charge in [-0.2, -0.15) is 0 Å². The van der Waals surface area contributed by atoms with Crippen LogP contribution >= 0.6 is 0 Å². The Morgan fingerprint density at radius 3 is 2.65 bits per heavy atom. The Balaban J connectivity index is 1.31. The SMILES string of the molecule is C=C(N[C@@H](C)c1ccccc1OC)c1ncc(C2=CCc3ncc(N4CCOCC4)cc32)cn1. The maximum Gasteiger partial charge on any atom is 0.174 e. The monoisotopic (exact) mass is 455 g/mol. The van der Waals surface area contributed by atoms with E-state index in [0.29, 0.717) is 11.5 Å². The zero-order chi connectivity index (χ0) is 23.5. The van der Waals surface area contributed by atoms with Gasteiger partial charge in [0, 0.05) is 48.6 Å². The molecular formula is C27H29N5O2. The van der Waals surface area contributed by atoms with Gasteiger partial charge in [0.25, 0.3) is 0 Å². The van der Waals surface area contributed by atoms with Crippen LogP contribution in [-0.4, -0.2) is 48.4 Å². The van der Waals surface area contributed by atoms with E-state index < -0.39 is 0 Å². The molecule has 1 aliphatic heterocycles. The van der Waals surface area contributed by atoms with Gasteiger partial charge in [0.1, 0.15) is 5.75 Å². The number of ether oxygens (including phenoxy) is 2. The Morgan fingerprint density at radius 1 is 1.12 bits per heavy atom. The van der Waals surface area contributed by atoms with Gasteiger partial charge in [-0.15, -0.1) is 0 Å². The second kappa shape index (κ2) is 9.65. The summed E-state index contributed by atoms with van der Waals surface area (Å²) in [6, 6.07) is 10.2. The van der Waals surface area contributed by atoms with Crippen molar-refractivity contribution in [2.24, 2.45) is 0 Å². The van der Waals surface area contributed by atoms with E-state index in [0.717, 1.165) is 72.1 Å². The molecule has 1 saturated heterocycles. The molecule has 1 N–H and O–H groups in total. The summed E-state index contributed by atoms with van der Waals surface area (Å²) >= 11 is 0. The molecule has 0 spiro atoms. The van der Waals surface area contributed by atoms with Crippen LogP contribution in [0.4, 0.5) is 5.69 Å². The zero-order valence-corrected chi connectivity index (χ0v) is 19.6. The van der Waals surface area contributed by atoms with Crippen LogP contribution in [0, 0.1) is 0 Å². The van der Waals surface area contributed by atoms with Crippen LogP contribution in [0.1, 0.15) is 41.2 Å². The minimum absolute atomic E-state index is 0.000951. The number of nitrogens with one attached hydrogen (secondary N) is 1. The molecule has 3 heterocycles. The van der Waals surface area contributed by atoms with Gasteiger partial charge < -0.3 is 19.7 Å². The van der Waals surface area contributed by atoms with Crippen LogP contribution in [0.2, 0.25) is 0 Å². The summed E-state index contributed by atoms with van der Waals surface area (Å²) in [6.07, 6.45) is 8.73. The lowest BCUT2D eigenvalue weighted by Crippen LogP contribution is -2.36. The van der Waals surface area contributed by atoms with Gasteiger partial charge in [-0.25, -0.2) is 9.97 Å². The Kier molecular flexibility index (Phi) is 6.27. The molecule has 2 aliphatic rings. The van der Waals surface area contributed by atoms with Crippen LogP contribution < -0.4 is 15.0 Å². The minimum Gasteiger partial charge on any atom is -0.496 e. The van der Waals surface area contributed by atoms with E-state index in [1.807, 2.05) is 42.9 Å². The van der Waals surface area contributed by atoms with Crippen molar-refractivity contribution < 1.29 is 9.47 Å². The van der Waals surface area contributed by atoms with Crippen LogP contribution in [0.25, 0.3) is 11.3 Å². The van der Waals surface area contributed by atoms with E-state index in [1.54, 1.807) is 7.11 Å². The number of aromatic nitrogens is 3. The highest BCUT2D eigenvalue weighted by molar-refractivity contribution is 5.84. The maximum atomic E-state index is 5.49. The molecule has 1 aromatic carbocycles. The van der Waals surface area contributed by atoms with Crippen LogP contribution in [0.3, 0.4) is 0 Å². The van der Waals surface area contributed by atoms with Gasteiger partial charge in [0.2, 0.25) is 0 Å². The molecule has 1 fully saturated rings. The summed E-state index contributed by atoms with van der Waals surface area (Å²) in [5.41, 5.74) is 7.21. The zero-order valence-electron chi connectivity index (χ0n) is 19.6. The number of para-hydroxylation sites is 1. The molecule has 174 valence electrons. The average molecular weight is 456 g/mol. The first-order valence-corrected chi connectivity index (χ1v) is 11.6. The van der Waals surface area contributed by atoms with Gasteiger partial charge in [-0.3, -0.25) is 4.98 Å². The maximum absolute atomic E-state index is 5.49. The summed E-state index contributed by atoms with van der Waals surface area (Å²) in [6.45, 7) is 9.50. The smallest absolute Gasteiger partial charge is 0.174 e. The Bertz CT molecular complexity index is 1220. The van der Waals surface area contributed by atoms with Gasteiger partial charge in [-0.1, -0.05) is 30.9 Å². The second-order valence-electron chi connectivity index (χ2n) is 8.49. The first-order valence-electron chi connectivity index (χ1n) is 11.6. The molecule has 0 bridgehead atoms. The van der Waals surface area contributed by atoms with E-state index in [9.17, 15) is 0 Å². The molecular weight excluding hydrogens is 426 g/mol.